The number of amides is 1. The van der Waals surface area contributed by atoms with Gasteiger partial charge in [-0.1, -0.05) is 12.1 Å². The summed E-state index contributed by atoms with van der Waals surface area (Å²) in [5.41, 5.74) is 5.53. The fourth-order valence-electron chi connectivity index (χ4n) is 3.67. The second kappa shape index (κ2) is 9.67. The molecule has 0 fully saturated rings. The van der Waals surface area contributed by atoms with Crippen molar-refractivity contribution in [2.45, 2.75) is 38.6 Å². The Balaban J connectivity index is 1.75. The van der Waals surface area contributed by atoms with E-state index in [1.807, 2.05) is 13.8 Å². The van der Waals surface area contributed by atoms with Crippen LogP contribution < -0.4 is 14.4 Å². The van der Waals surface area contributed by atoms with E-state index in [4.69, 9.17) is 4.74 Å². The summed E-state index contributed by atoms with van der Waals surface area (Å²) in [6.45, 7) is 8.13. The van der Waals surface area contributed by atoms with Gasteiger partial charge in [0, 0.05) is 12.6 Å². The fourth-order valence-corrected chi connectivity index (χ4v) is 4.87. The van der Waals surface area contributed by atoms with Gasteiger partial charge in [0.05, 0.1) is 23.7 Å². The molecule has 0 saturated heterocycles. The number of hydrogen-bond acceptors (Lipinski definition) is 4. The van der Waals surface area contributed by atoms with Crippen molar-refractivity contribution in [1.82, 2.24) is 5.32 Å². The van der Waals surface area contributed by atoms with Crippen molar-refractivity contribution in [2.24, 2.45) is 0 Å². The van der Waals surface area contributed by atoms with Gasteiger partial charge in [-0.15, -0.1) is 0 Å². The van der Waals surface area contributed by atoms with E-state index in [1.165, 1.54) is 41.7 Å². The van der Waals surface area contributed by atoms with E-state index >= 15 is 0 Å². The number of aryl methyl sites for hydroxylation is 3. The monoisotopic (exact) mass is 466 g/mol. The molecule has 6 nitrogen and oxygen atoms in total. The molecule has 0 spiro atoms. The molecule has 0 aliphatic rings. The molecule has 0 saturated carbocycles. The normalized spacial score (nSPS) is 12.2. The maximum Gasteiger partial charge on any atom is 0.264 e. The van der Waals surface area contributed by atoms with Crippen molar-refractivity contribution in [3.63, 3.8) is 0 Å². The van der Waals surface area contributed by atoms with E-state index in [2.05, 4.69) is 31.3 Å². The molecule has 174 valence electrons. The molecule has 0 aliphatic heterocycles. The van der Waals surface area contributed by atoms with Crippen molar-refractivity contribution in [3.05, 3.63) is 88.5 Å². The summed E-state index contributed by atoms with van der Waals surface area (Å²) in [6, 6.07) is 16.8. The van der Waals surface area contributed by atoms with Crippen molar-refractivity contribution in [3.8, 4) is 5.75 Å². The minimum Gasteiger partial charge on any atom is -0.497 e. The van der Waals surface area contributed by atoms with Crippen molar-refractivity contribution >= 4 is 21.6 Å². The molecule has 3 aromatic carbocycles. The van der Waals surface area contributed by atoms with Gasteiger partial charge in [0.15, 0.2) is 0 Å². The van der Waals surface area contributed by atoms with Gasteiger partial charge in [-0.25, -0.2) is 8.42 Å². The highest BCUT2D eigenvalue weighted by atomic mass is 32.2. The Hall–Kier alpha value is -3.32. The van der Waals surface area contributed by atoms with Gasteiger partial charge in [0.25, 0.3) is 15.9 Å². The summed E-state index contributed by atoms with van der Waals surface area (Å²) in [4.78, 5) is 13.0. The van der Waals surface area contributed by atoms with Crippen LogP contribution in [-0.4, -0.2) is 28.5 Å². The molecule has 1 atom stereocenters. The standard InChI is InChI=1S/C26H30N2O4S/c1-17-15-19(3)25(16-18(17)2)20(4)27-26(29)21-7-9-22(10-8-21)28(5)33(30,31)24-13-11-23(32-6)12-14-24/h7-16,20H,1-6H3,(H,27,29)/t20-/m1/s1. The molecular weight excluding hydrogens is 436 g/mol. The number of benzene rings is 3. The number of anilines is 1. The van der Waals surface area contributed by atoms with Crippen LogP contribution in [0.15, 0.2) is 65.6 Å². The maximum absolute atomic E-state index is 12.9. The number of rotatable bonds is 7. The minimum atomic E-state index is -3.74. The van der Waals surface area contributed by atoms with Crippen LogP contribution in [0.1, 0.15) is 45.6 Å². The Kier molecular flexibility index (Phi) is 7.12. The van der Waals surface area contributed by atoms with Crippen LogP contribution in [0.2, 0.25) is 0 Å². The lowest BCUT2D eigenvalue weighted by Crippen LogP contribution is -2.28. The van der Waals surface area contributed by atoms with E-state index in [0.717, 1.165) is 11.1 Å². The number of nitrogens with zero attached hydrogens (tertiary/aromatic N) is 1. The van der Waals surface area contributed by atoms with Crippen LogP contribution in [-0.2, 0) is 10.0 Å². The first-order valence-corrected chi connectivity index (χ1v) is 12.1. The zero-order chi connectivity index (χ0) is 24.3. The highest BCUT2D eigenvalue weighted by Gasteiger charge is 2.22. The predicted octanol–water partition coefficient (Wildman–Crippen LogP) is 4.94. The second-order valence-corrected chi connectivity index (χ2v) is 10.2. The molecule has 3 rings (SSSR count). The molecule has 1 amide bonds. The SMILES string of the molecule is COc1ccc(S(=O)(=O)N(C)c2ccc(C(=O)N[C@H](C)c3cc(C)c(C)cc3C)cc2)cc1. The van der Waals surface area contributed by atoms with E-state index < -0.39 is 10.0 Å². The molecule has 0 heterocycles. The molecular formula is C26H30N2O4S. The van der Waals surface area contributed by atoms with Gasteiger partial charge in [0.1, 0.15) is 5.75 Å². The van der Waals surface area contributed by atoms with Crippen LogP contribution in [0.3, 0.4) is 0 Å². The summed E-state index contributed by atoms with van der Waals surface area (Å²) in [6.07, 6.45) is 0. The topological polar surface area (TPSA) is 75.7 Å². The number of hydrogen-bond donors (Lipinski definition) is 1. The molecule has 3 aromatic rings. The summed E-state index contributed by atoms with van der Waals surface area (Å²) in [7, 11) is -0.730. The predicted molar refractivity (Wildman–Crippen MR) is 132 cm³/mol. The summed E-state index contributed by atoms with van der Waals surface area (Å²) < 4.78 is 32.2. The van der Waals surface area contributed by atoms with Crippen LogP contribution in [0.25, 0.3) is 0 Å². The number of methoxy groups -OCH3 is 1. The fraction of sp³-hybridized carbons (Fsp3) is 0.269. The lowest BCUT2D eigenvalue weighted by molar-refractivity contribution is 0.0940. The molecule has 0 aliphatic carbocycles. The van der Waals surface area contributed by atoms with E-state index in [9.17, 15) is 13.2 Å². The number of carbonyl (C=O) groups is 1. The number of carbonyl (C=O) groups excluding carboxylic acids is 1. The first-order valence-electron chi connectivity index (χ1n) is 10.7. The van der Waals surface area contributed by atoms with Crippen LogP contribution >= 0.6 is 0 Å². The third-order valence-electron chi connectivity index (χ3n) is 5.91. The minimum absolute atomic E-state index is 0.158. The quantitative estimate of drug-likeness (QED) is 0.535. The van der Waals surface area contributed by atoms with Crippen molar-refractivity contribution < 1.29 is 17.9 Å². The third kappa shape index (κ3) is 5.20. The first-order chi connectivity index (χ1) is 15.5. The van der Waals surface area contributed by atoms with Crippen LogP contribution in [0, 0.1) is 20.8 Å². The molecule has 33 heavy (non-hydrogen) atoms. The van der Waals surface area contributed by atoms with E-state index in [0.29, 0.717) is 17.0 Å². The van der Waals surface area contributed by atoms with Crippen molar-refractivity contribution in [2.75, 3.05) is 18.5 Å². The average molecular weight is 467 g/mol. The van der Waals surface area contributed by atoms with Gasteiger partial charge < -0.3 is 10.1 Å². The number of nitrogens with one attached hydrogen (secondary N) is 1. The number of ether oxygens (including phenoxy) is 1. The zero-order valence-corrected chi connectivity index (χ0v) is 20.7. The molecule has 1 N–H and O–H groups in total. The summed E-state index contributed by atoms with van der Waals surface area (Å²) in [5.74, 6) is 0.365. The molecule has 0 aromatic heterocycles. The second-order valence-electron chi connectivity index (χ2n) is 8.18. The lowest BCUT2D eigenvalue weighted by Gasteiger charge is -2.21. The molecule has 0 bridgehead atoms. The Morgan fingerprint density at radius 2 is 1.48 bits per heavy atom. The smallest absolute Gasteiger partial charge is 0.264 e. The molecule has 7 heteroatoms. The Morgan fingerprint density at radius 3 is 2.06 bits per heavy atom. The van der Waals surface area contributed by atoms with Gasteiger partial charge in [-0.3, -0.25) is 9.10 Å². The van der Waals surface area contributed by atoms with E-state index in [-0.39, 0.29) is 16.8 Å². The summed E-state index contributed by atoms with van der Waals surface area (Å²) >= 11 is 0. The Labute approximate surface area is 196 Å². The van der Waals surface area contributed by atoms with Gasteiger partial charge in [0.2, 0.25) is 0 Å². The Bertz CT molecular complexity index is 1250. The number of sulfonamides is 1. The average Bonchev–Trinajstić information content (AvgIpc) is 2.80. The maximum atomic E-state index is 12.9. The van der Waals surface area contributed by atoms with Crippen LogP contribution in [0.5, 0.6) is 5.75 Å². The summed E-state index contributed by atoms with van der Waals surface area (Å²) in [5, 5.41) is 3.03. The van der Waals surface area contributed by atoms with Crippen molar-refractivity contribution in [1.29, 1.82) is 0 Å². The largest absolute Gasteiger partial charge is 0.497 e. The van der Waals surface area contributed by atoms with Gasteiger partial charge in [-0.05, 0) is 98.5 Å². The van der Waals surface area contributed by atoms with Gasteiger partial charge in [-0.2, -0.15) is 0 Å². The molecule has 0 radical (unpaired) electrons. The zero-order valence-electron chi connectivity index (χ0n) is 19.8. The first kappa shape index (κ1) is 24.3. The van der Waals surface area contributed by atoms with Gasteiger partial charge >= 0.3 is 0 Å². The van der Waals surface area contributed by atoms with E-state index in [1.54, 1.807) is 36.4 Å². The highest BCUT2D eigenvalue weighted by Crippen LogP contribution is 2.25. The molecule has 0 unspecified atom stereocenters. The third-order valence-corrected chi connectivity index (χ3v) is 7.71. The Morgan fingerprint density at radius 1 is 0.909 bits per heavy atom. The highest BCUT2D eigenvalue weighted by molar-refractivity contribution is 7.92. The van der Waals surface area contributed by atoms with Crippen LogP contribution in [0.4, 0.5) is 5.69 Å². The lowest BCUT2D eigenvalue weighted by atomic mass is 9.96.